The van der Waals surface area contributed by atoms with Gasteiger partial charge in [0, 0.05) is 4.90 Å². The number of hydrogen-bond acceptors (Lipinski definition) is 1. The molecule has 0 fully saturated rings. The van der Waals surface area contributed by atoms with Gasteiger partial charge >= 0.3 is 0 Å². The van der Waals surface area contributed by atoms with Gasteiger partial charge in [0.1, 0.15) is 0 Å². The summed E-state index contributed by atoms with van der Waals surface area (Å²) in [6.07, 6.45) is 0. The van der Waals surface area contributed by atoms with Gasteiger partial charge in [0.2, 0.25) is 6.69 Å². The summed E-state index contributed by atoms with van der Waals surface area (Å²) in [5.74, 6) is 1.01. The van der Waals surface area contributed by atoms with Crippen molar-refractivity contribution >= 4 is 40.6 Å². The third-order valence-electron chi connectivity index (χ3n) is 1.55. The van der Waals surface area contributed by atoms with E-state index in [1.807, 2.05) is 36.5 Å². The maximum Gasteiger partial charge on any atom is 0.249 e. The van der Waals surface area contributed by atoms with Gasteiger partial charge in [-0.25, -0.2) is 0 Å². The number of halogens is 2. The van der Waals surface area contributed by atoms with Crippen LogP contribution in [0.2, 0.25) is 12.6 Å². The van der Waals surface area contributed by atoms with Crippen LogP contribution in [0.25, 0.3) is 0 Å². The lowest BCUT2D eigenvalue weighted by Crippen LogP contribution is -2.12. The van der Waals surface area contributed by atoms with Crippen LogP contribution < -0.4 is 0 Å². The van der Waals surface area contributed by atoms with Crippen molar-refractivity contribution in [2.45, 2.75) is 17.5 Å². The van der Waals surface area contributed by atoms with Crippen molar-refractivity contribution in [2.75, 3.05) is 5.75 Å². The average Bonchev–Trinajstić information content (AvgIpc) is 2.04. The first-order valence-corrected chi connectivity index (χ1v) is 9.85. The molecule has 72 valence electrons. The number of hydrogen-bond donors (Lipinski definition) is 0. The van der Waals surface area contributed by atoms with E-state index in [2.05, 4.69) is 12.1 Å². The van der Waals surface area contributed by atoms with E-state index in [4.69, 9.17) is 22.2 Å². The molecule has 0 N–H and O–H groups in total. The number of thioether (sulfide) groups is 1. The molecule has 0 heterocycles. The lowest BCUT2D eigenvalue weighted by Gasteiger charge is -2.08. The molecule has 0 aromatic heterocycles. The molecule has 0 aliphatic carbocycles. The predicted octanol–water partition coefficient (Wildman–Crippen LogP) is 4.33. The second kappa shape index (κ2) is 5.30. The molecule has 13 heavy (non-hydrogen) atoms. The predicted molar refractivity (Wildman–Crippen MR) is 65.3 cm³/mol. The van der Waals surface area contributed by atoms with Crippen LogP contribution in [0.4, 0.5) is 0 Å². The molecule has 0 nitrogen and oxygen atoms in total. The Kier molecular flexibility index (Phi) is 4.66. The highest BCUT2D eigenvalue weighted by atomic mass is 35.7. The highest BCUT2D eigenvalue weighted by Crippen LogP contribution is 2.25. The van der Waals surface area contributed by atoms with E-state index in [0.717, 1.165) is 11.8 Å². The molecule has 0 saturated heterocycles. The molecule has 1 aromatic rings. The van der Waals surface area contributed by atoms with Crippen molar-refractivity contribution in [2.24, 2.45) is 0 Å². The van der Waals surface area contributed by atoms with Gasteiger partial charge in [-0.1, -0.05) is 18.2 Å². The summed E-state index contributed by atoms with van der Waals surface area (Å²) in [6.45, 7) is 0.0725. The first kappa shape index (κ1) is 11.4. The van der Waals surface area contributed by atoms with Crippen LogP contribution in [0, 0.1) is 0 Å². The van der Waals surface area contributed by atoms with Gasteiger partial charge in [-0.05, 0) is 30.5 Å². The second-order valence-corrected chi connectivity index (χ2v) is 12.4. The molecule has 0 aliphatic rings. The largest absolute Gasteiger partial charge is 0.249 e. The lowest BCUT2D eigenvalue weighted by molar-refractivity contribution is 1.40. The van der Waals surface area contributed by atoms with Gasteiger partial charge in [0.25, 0.3) is 0 Å². The third kappa shape index (κ3) is 5.63. The molecule has 0 spiro atoms. The van der Waals surface area contributed by atoms with Crippen LogP contribution >= 0.6 is 33.9 Å². The zero-order chi connectivity index (χ0) is 9.73. The second-order valence-electron chi connectivity index (χ2n) is 2.98. The van der Waals surface area contributed by atoms with E-state index in [-0.39, 0.29) is 0 Å². The lowest BCUT2D eigenvalue weighted by atomic mass is 10.4. The Morgan fingerprint density at radius 1 is 1.23 bits per heavy atom. The fraction of sp³-hybridized carbons (Fsp3) is 0.333. The minimum Gasteiger partial charge on any atom is -0.146 e. The van der Waals surface area contributed by atoms with Crippen molar-refractivity contribution in [1.29, 1.82) is 0 Å². The topological polar surface area (TPSA) is 0 Å². The molecular formula is C9H12Cl2SSi. The van der Waals surface area contributed by atoms with Crippen molar-refractivity contribution in [3.63, 3.8) is 0 Å². The van der Waals surface area contributed by atoms with Gasteiger partial charge in [-0.2, -0.15) is 0 Å². The highest BCUT2D eigenvalue weighted by molar-refractivity contribution is 7.99. The van der Waals surface area contributed by atoms with E-state index in [9.17, 15) is 0 Å². The number of benzene rings is 1. The minimum atomic E-state index is -1.89. The van der Waals surface area contributed by atoms with E-state index in [1.165, 1.54) is 4.90 Å². The quantitative estimate of drug-likeness (QED) is 0.436. The summed E-state index contributed by atoms with van der Waals surface area (Å²) in [6, 6.07) is 11.3. The zero-order valence-corrected chi connectivity index (χ0v) is 10.8. The van der Waals surface area contributed by atoms with Gasteiger partial charge in [-0.3, -0.25) is 0 Å². The smallest absolute Gasteiger partial charge is 0.146 e. The maximum absolute atomic E-state index is 5.99. The van der Waals surface area contributed by atoms with Gasteiger partial charge in [0.05, 0.1) is 0 Å². The molecule has 1 rings (SSSR count). The SMILES string of the molecule is C[Si](Cl)(Cl)CCSc1ccccc1. The van der Waals surface area contributed by atoms with E-state index < -0.39 is 6.69 Å². The van der Waals surface area contributed by atoms with E-state index in [0.29, 0.717) is 0 Å². The molecule has 0 bridgehead atoms. The van der Waals surface area contributed by atoms with Crippen LogP contribution in [-0.4, -0.2) is 12.4 Å². The van der Waals surface area contributed by atoms with Crippen molar-refractivity contribution in [3.05, 3.63) is 30.3 Å². The zero-order valence-electron chi connectivity index (χ0n) is 7.47. The molecule has 1 aromatic carbocycles. The fourth-order valence-corrected chi connectivity index (χ4v) is 4.68. The fourth-order valence-electron chi connectivity index (χ4n) is 0.865. The first-order chi connectivity index (χ1) is 6.08. The van der Waals surface area contributed by atoms with Gasteiger partial charge < -0.3 is 0 Å². The summed E-state index contributed by atoms with van der Waals surface area (Å²) >= 11 is 13.8. The summed E-state index contributed by atoms with van der Waals surface area (Å²) in [5, 5.41) is 0. The van der Waals surface area contributed by atoms with Gasteiger partial charge in [0.15, 0.2) is 0 Å². The molecular weight excluding hydrogens is 239 g/mol. The molecule has 0 amide bonds. The highest BCUT2D eigenvalue weighted by Gasteiger charge is 2.19. The third-order valence-corrected chi connectivity index (χ3v) is 5.19. The van der Waals surface area contributed by atoms with Crippen LogP contribution in [-0.2, 0) is 0 Å². The van der Waals surface area contributed by atoms with E-state index >= 15 is 0 Å². The molecule has 0 saturated carbocycles. The standard InChI is InChI=1S/C9H12Cl2SSi/c1-13(10,11)8-7-12-9-5-3-2-4-6-9/h2-6H,7-8H2,1H3. The Balaban J connectivity index is 2.29. The van der Waals surface area contributed by atoms with Crippen molar-refractivity contribution in [3.8, 4) is 0 Å². The molecule has 0 unspecified atom stereocenters. The Labute approximate surface area is 94.0 Å². The van der Waals surface area contributed by atoms with Crippen LogP contribution in [0.15, 0.2) is 35.2 Å². The molecule has 4 heteroatoms. The summed E-state index contributed by atoms with van der Waals surface area (Å²) < 4.78 is 0. The van der Waals surface area contributed by atoms with E-state index in [1.54, 1.807) is 0 Å². The molecule has 0 aliphatic heterocycles. The number of rotatable bonds is 4. The van der Waals surface area contributed by atoms with Crippen molar-refractivity contribution < 1.29 is 0 Å². The van der Waals surface area contributed by atoms with Crippen LogP contribution in [0.1, 0.15) is 0 Å². The first-order valence-electron chi connectivity index (χ1n) is 4.14. The Bertz CT molecular complexity index is 246. The molecule has 0 atom stereocenters. The normalized spacial score (nSPS) is 11.6. The minimum absolute atomic E-state index is 0.940. The van der Waals surface area contributed by atoms with Gasteiger partial charge in [-0.15, -0.1) is 33.9 Å². The maximum atomic E-state index is 5.99. The Morgan fingerprint density at radius 3 is 2.38 bits per heavy atom. The van der Waals surface area contributed by atoms with Crippen molar-refractivity contribution in [1.82, 2.24) is 0 Å². The molecule has 0 radical (unpaired) electrons. The Hall–Kier alpha value is 0.367. The summed E-state index contributed by atoms with van der Waals surface area (Å²) in [4.78, 5) is 1.29. The summed E-state index contributed by atoms with van der Waals surface area (Å²) in [7, 11) is 0. The van der Waals surface area contributed by atoms with Crippen LogP contribution in [0.5, 0.6) is 0 Å². The van der Waals surface area contributed by atoms with Crippen LogP contribution in [0.3, 0.4) is 0 Å². The average molecular weight is 251 g/mol. The summed E-state index contributed by atoms with van der Waals surface area (Å²) in [5.41, 5.74) is 0. The Morgan fingerprint density at radius 2 is 1.85 bits per heavy atom. The monoisotopic (exact) mass is 250 g/mol.